The Morgan fingerprint density at radius 2 is 1.62 bits per heavy atom. The van der Waals surface area contributed by atoms with Gasteiger partial charge in [0.2, 0.25) is 0 Å². The molecule has 26 heavy (non-hydrogen) atoms. The topological polar surface area (TPSA) is 142 Å². The number of rotatable bonds is 7. The minimum Gasteiger partial charge on any atom is -0.426 e. The van der Waals surface area contributed by atoms with Crippen LogP contribution in [0.4, 0.5) is 11.4 Å². The van der Waals surface area contributed by atoms with Crippen LogP contribution in [0.25, 0.3) is 0 Å². The molecule has 0 fully saturated rings. The van der Waals surface area contributed by atoms with E-state index in [2.05, 4.69) is 5.32 Å². The zero-order valence-electron chi connectivity index (χ0n) is 13.3. The number of nitro groups is 2. The van der Waals surface area contributed by atoms with Crippen molar-refractivity contribution in [3.63, 3.8) is 0 Å². The van der Waals surface area contributed by atoms with Crippen LogP contribution in [-0.4, -0.2) is 28.3 Å². The van der Waals surface area contributed by atoms with Crippen molar-refractivity contribution >= 4 is 23.3 Å². The van der Waals surface area contributed by atoms with Crippen molar-refractivity contribution in [1.29, 1.82) is 0 Å². The number of ether oxygens (including phenoxy) is 1. The first kappa shape index (κ1) is 18.5. The van der Waals surface area contributed by atoms with Gasteiger partial charge in [-0.15, -0.1) is 0 Å². The molecule has 0 unspecified atom stereocenters. The lowest BCUT2D eigenvalue weighted by molar-refractivity contribution is -0.385. The quantitative estimate of drug-likeness (QED) is 0.346. The van der Waals surface area contributed by atoms with Crippen LogP contribution >= 0.6 is 0 Å². The summed E-state index contributed by atoms with van der Waals surface area (Å²) in [7, 11) is 0. The average molecular weight is 359 g/mol. The summed E-state index contributed by atoms with van der Waals surface area (Å²) in [5.41, 5.74) is -0.133. The molecule has 2 aromatic carbocycles. The summed E-state index contributed by atoms with van der Waals surface area (Å²) in [5, 5.41) is 23.7. The van der Waals surface area contributed by atoms with Gasteiger partial charge in [-0.1, -0.05) is 6.07 Å². The molecule has 1 amide bonds. The molecule has 0 spiro atoms. The van der Waals surface area contributed by atoms with Crippen molar-refractivity contribution in [2.45, 2.75) is 6.42 Å². The van der Waals surface area contributed by atoms with Crippen LogP contribution in [0.2, 0.25) is 0 Å². The SMILES string of the molecule is O=C(CCNC(=O)c1ccc([N+](=O)[O-])cc1)Oc1cccc([N+](=O)[O-])c1. The molecule has 0 atom stereocenters. The number of carbonyl (C=O) groups excluding carboxylic acids is 2. The number of nitro benzene ring substituents is 2. The van der Waals surface area contributed by atoms with Gasteiger partial charge in [0.1, 0.15) is 5.75 Å². The van der Waals surface area contributed by atoms with Gasteiger partial charge < -0.3 is 10.1 Å². The Morgan fingerprint density at radius 3 is 2.23 bits per heavy atom. The van der Waals surface area contributed by atoms with E-state index >= 15 is 0 Å². The first-order valence-corrected chi connectivity index (χ1v) is 7.34. The Labute approximate surface area is 146 Å². The molecule has 0 bridgehead atoms. The van der Waals surface area contributed by atoms with Gasteiger partial charge in [0, 0.05) is 30.3 Å². The molecule has 0 saturated carbocycles. The normalized spacial score (nSPS) is 10.0. The Balaban J connectivity index is 1.82. The van der Waals surface area contributed by atoms with Crippen LogP contribution in [0.1, 0.15) is 16.8 Å². The van der Waals surface area contributed by atoms with Crippen LogP contribution in [0.5, 0.6) is 5.75 Å². The van der Waals surface area contributed by atoms with Gasteiger partial charge in [-0.25, -0.2) is 0 Å². The Kier molecular flexibility index (Phi) is 5.93. The van der Waals surface area contributed by atoms with Crippen molar-refractivity contribution in [3.8, 4) is 5.75 Å². The summed E-state index contributed by atoms with van der Waals surface area (Å²) in [5.74, 6) is -1.14. The minimum absolute atomic E-state index is 0.0242. The predicted molar refractivity (Wildman–Crippen MR) is 88.8 cm³/mol. The van der Waals surface area contributed by atoms with Gasteiger partial charge in [-0.2, -0.15) is 0 Å². The highest BCUT2D eigenvalue weighted by Gasteiger charge is 2.12. The number of nitrogens with zero attached hydrogens (tertiary/aromatic N) is 2. The second-order valence-corrected chi connectivity index (χ2v) is 5.04. The van der Waals surface area contributed by atoms with Crippen LogP contribution in [0.3, 0.4) is 0 Å². The largest absolute Gasteiger partial charge is 0.426 e. The Hall–Kier alpha value is -3.82. The van der Waals surface area contributed by atoms with Crippen molar-refractivity contribution in [3.05, 3.63) is 74.3 Å². The summed E-state index contributed by atoms with van der Waals surface area (Å²) in [6, 6.07) is 10.2. The molecule has 0 heterocycles. The van der Waals surface area contributed by atoms with E-state index in [9.17, 15) is 29.8 Å². The van der Waals surface area contributed by atoms with Crippen molar-refractivity contribution in [2.24, 2.45) is 0 Å². The molecule has 0 aliphatic rings. The highest BCUT2D eigenvalue weighted by atomic mass is 16.6. The molecule has 0 aliphatic carbocycles. The standard InChI is InChI=1S/C16H13N3O7/c20-15(26-14-3-1-2-13(10-14)19(24)25)8-9-17-16(21)11-4-6-12(7-5-11)18(22)23/h1-7,10H,8-9H2,(H,17,21). The molecule has 134 valence electrons. The lowest BCUT2D eigenvalue weighted by Gasteiger charge is -2.06. The molecule has 10 nitrogen and oxygen atoms in total. The molecule has 1 N–H and O–H groups in total. The average Bonchev–Trinajstić information content (AvgIpc) is 2.61. The number of amides is 1. The number of benzene rings is 2. The Bertz CT molecular complexity index is 849. The molecular formula is C16H13N3O7. The number of nitrogens with one attached hydrogen (secondary N) is 1. The van der Waals surface area contributed by atoms with E-state index in [-0.39, 0.29) is 35.7 Å². The van der Waals surface area contributed by atoms with Gasteiger partial charge >= 0.3 is 5.97 Å². The maximum Gasteiger partial charge on any atom is 0.312 e. The van der Waals surface area contributed by atoms with Crippen LogP contribution in [0.15, 0.2) is 48.5 Å². The highest BCUT2D eigenvalue weighted by molar-refractivity contribution is 5.94. The van der Waals surface area contributed by atoms with E-state index in [1.165, 1.54) is 42.5 Å². The van der Waals surface area contributed by atoms with Crippen LogP contribution < -0.4 is 10.1 Å². The third-order valence-corrected chi connectivity index (χ3v) is 3.22. The number of esters is 1. The molecule has 0 aliphatic heterocycles. The third kappa shape index (κ3) is 5.09. The summed E-state index contributed by atoms with van der Waals surface area (Å²) < 4.78 is 4.97. The third-order valence-electron chi connectivity index (χ3n) is 3.22. The zero-order chi connectivity index (χ0) is 19.1. The van der Waals surface area contributed by atoms with Gasteiger partial charge in [-0.3, -0.25) is 29.8 Å². The van der Waals surface area contributed by atoms with Gasteiger partial charge in [-0.05, 0) is 18.2 Å². The van der Waals surface area contributed by atoms with E-state index in [1.807, 2.05) is 0 Å². The number of non-ortho nitro benzene ring substituents is 2. The van der Waals surface area contributed by atoms with E-state index in [0.29, 0.717) is 0 Å². The van der Waals surface area contributed by atoms with Crippen LogP contribution in [-0.2, 0) is 4.79 Å². The second kappa shape index (κ2) is 8.33. The van der Waals surface area contributed by atoms with E-state index in [4.69, 9.17) is 4.74 Å². The van der Waals surface area contributed by atoms with Crippen molar-refractivity contribution < 1.29 is 24.2 Å². The molecular weight excluding hydrogens is 346 g/mol. The fourth-order valence-electron chi connectivity index (χ4n) is 1.96. The van der Waals surface area contributed by atoms with E-state index in [0.717, 1.165) is 6.07 Å². The predicted octanol–water partition coefficient (Wildman–Crippen LogP) is 2.23. The maximum atomic E-state index is 11.9. The fourth-order valence-corrected chi connectivity index (χ4v) is 1.96. The second-order valence-electron chi connectivity index (χ2n) is 5.04. The lowest BCUT2D eigenvalue weighted by Crippen LogP contribution is -2.27. The first-order valence-electron chi connectivity index (χ1n) is 7.34. The molecule has 10 heteroatoms. The van der Waals surface area contributed by atoms with E-state index < -0.39 is 21.7 Å². The fraction of sp³-hybridized carbons (Fsp3) is 0.125. The Morgan fingerprint density at radius 1 is 0.962 bits per heavy atom. The van der Waals surface area contributed by atoms with Gasteiger partial charge in [0.15, 0.2) is 0 Å². The molecule has 2 aromatic rings. The first-order chi connectivity index (χ1) is 12.4. The van der Waals surface area contributed by atoms with Gasteiger partial charge in [0.25, 0.3) is 17.3 Å². The number of carbonyl (C=O) groups is 2. The maximum absolute atomic E-state index is 11.9. The van der Waals surface area contributed by atoms with Crippen molar-refractivity contribution in [1.82, 2.24) is 5.32 Å². The van der Waals surface area contributed by atoms with E-state index in [1.54, 1.807) is 0 Å². The summed E-state index contributed by atoms with van der Waals surface area (Å²) in [6.45, 7) is -0.0242. The minimum atomic E-state index is -0.672. The van der Waals surface area contributed by atoms with Gasteiger partial charge in [0.05, 0.1) is 22.3 Å². The molecule has 0 aromatic heterocycles. The molecule has 0 saturated heterocycles. The smallest absolute Gasteiger partial charge is 0.312 e. The monoisotopic (exact) mass is 359 g/mol. The van der Waals surface area contributed by atoms with Crippen LogP contribution in [0, 0.1) is 20.2 Å². The lowest BCUT2D eigenvalue weighted by atomic mass is 10.2. The summed E-state index contributed by atoms with van der Waals surface area (Å²) >= 11 is 0. The highest BCUT2D eigenvalue weighted by Crippen LogP contribution is 2.19. The van der Waals surface area contributed by atoms with Crippen molar-refractivity contribution in [2.75, 3.05) is 6.54 Å². The zero-order valence-corrected chi connectivity index (χ0v) is 13.3. The number of hydrogen-bond donors (Lipinski definition) is 1. The molecule has 0 radical (unpaired) electrons. The molecule has 2 rings (SSSR count). The summed E-state index contributed by atoms with van der Waals surface area (Å²) in [6.07, 6.45) is -0.151. The number of hydrogen-bond acceptors (Lipinski definition) is 7. The summed E-state index contributed by atoms with van der Waals surface area (Å²) in [4.78, 5) is 43.6.